The molecule has 0 fully saturated rings. The highest BCUT2D eigenvalue weighted by molar-refractivity contribution is 6.00. The van der Waals surface area contributed by atoms with Crippen LogP contribution in [0.2, 0.25) is 0 Å². The number of hydrogen-bond acceptors (Lipinski definition) is 4. The number of ether oxygens (including phenoxy) is 1. The molecule has 26 heavy (non-hydrogen) atoms. The van der Waals surface area contributed by atoms with Crippen molar-refractivity contribution >= 4 is 17.4 Å². The van der Waals surface area contributed by atoms with E-state index in [1.54, 1.807) is 7.11 Å². The molecule has 1 amide bonds. The Balaban J connectivity index is 1.70. The van der Waals surface area contributed by atoms with E-state index in [-0.39, 0.29) is 22.8 Å². The summed E-state index contributed by atoms with van der Waals surface area (Å²) in [4.78, 5) is 12.4. The van der Waals surface area contributed by atoms with Crippen LogP contribution in [-0.2, 0) is 6.42 Å². The molecule has 2 heterocycles. The van der Waals surface area contributed by atoms with Gasteiger partial charge in [-0.15, -0.1) is 0 Å². The molecular weight excluding hydrogens is 342 g/mol. The van der Waals surface area contributed by atoms with E-state index in [1.807, 2.05) is 24.3 Å². The molecular formula is C18H18F2N4O2. The van der Waals surface area contributed by atoms with E-state index in [0.29, 0.717) is 13.0 Å². The van der Waals surface area contributed by atoms with E-state index in [2.05, 4.69) is 22.3 Å². The topological polar surface area (TPSA) is 68.2 Å². The third-order valence-corrected chi connectivity index (χ3v) is 3.96. The standard InChI is InChI=1S/C18H18F2N4O2/c1-11-9-14(16(19)20)24-17(23-11)13(10-22-24)18(25)21-8-7-12-5-3-4-6-15(12)26-2/h3-6,9-10,16,23H,1,7-8H2,2H3,(H,21,25). The van der Waals surface area contributed by atoms with Gasteiger partial charge in [-0.05, 0) is 24.1 Å². The zero-order valence-corrected chi connectivity index (χ0v) is 14.1. The number of halogens is 2. The van der Waals surface area contributed by atoms with Crippen LogP contribution in [0.1, 0.15) is 15.9 Å². The maximum Gasteiger partial charge on any atom is 0.280 e. The molecule has 6 nitrogen and oxygen atoms in total. The summed E-state index contributed by atoms with van der Waals surface area (Å²) in [5.74, 6) is 0.522. The molecule has 1 aliphatic heterocycles. The van der Waals surface area contributed by atoms with Gasteiger partial charge in [-0.1, -0.05) is 24.8 Å². The summed E-state index contributed by atoms with van der Waals surface area (Å²) in [7, 11) is 1.59. The van der Waals surface area contributed by atoms with E-state index in [4.69, 9.17) is 4.74 Å². The van der Waals surface area contributed by atoms with Crippen LogP contribution in [0.3, 0.4) is 0 Å². The van der Waals surface area contributed by atoms with Gasteiger partial charge in [-0.25, -0.2) is 13.5 Å². The predicted molar refractivity (Wildman–Crippen MR) is 94.3 cm³/mol. The average molecular weight is 360 g/mol. The fraction of sp³-hybridized carbons (Fsp3) is 0.222. The van der Waals surface area contributed by atoms with Gasteiger partial charge in [0.25, 0.3) is 12.3 Å². The van der Waals surface area contributed by atoms with Gasteiger partial charge in [0.1, 0.15) is 22.8 Å². The number of para-hydroxylation sites is 1. The summed E-state index contributed by atoms with van der Waals surface area (Å²) in [5.41, 5.74) is 1.09. The molecule has 0 saturated carbocycles. The highest BCUT2D eigenvalue weighted by Crippen LogP contribution is 2.29. The molecule has 0 spiro atoms. The van der Waals surface area contributed by atoms with Gasteiger partial charge in [0.15, 0.2) is 0 Å². The SMILES string of the molecule is C=C1C=C(C(F)F)n2ncc(C(=O)NCCc3ccccc3OC)c2N1. The third-order valence-electron chi connectivity index (χ3n) is 3.96. The van der Waals surface area contributed by atoms with Gasteiger partial charge in [-0.3, -0.25) is 4.79 Å². The Hall–Kier alpha value is -3.16. The molecule has 0 atom stereocenters. The molecule has 1 aromatic heterocycles. The lowest BCUT2D eigenvalue weighted by Crippen LogP contribution is -2.27. The number of allylic oxidation sites excluding steroid dienone is 2. The van der Waals surface area contributed by atoms with Gasteiger partial charge in [0.05, 0.1) is 13.3 Å². The van der Waals surface area contributed by atoms with E-state index in [9.17, 15) is 13.6 Å². The van der Waals surface area contributed by atoms with Crippen molar-refractivity contribution in [3.8, 4) is 5.75 Å². The molecule has 2 N–H and O–H groups in total. The molecule has 2 aromatic rings. The molecule has 8 heteroatoms. The minimum Gasteiger partial charge on any atom is -0.496 e. The largest absolute Gasteiger partial charge is 0.496 e. The number of methoxy groups -OCH3 is 1. The second-order valence-electron chi connectivity index (χ2n) is 5.66. The first kappa shape index (κ1) is 17.7. The molecule has 0 bridgehead atoms. The van der Waals surface area contributed by atoms with Crippen molar-refractivity contribution in [2.75, 3.05) is 19.0 Å². The van der Waals surface area contributed by atoms with Gasteiger partial charge < -0.3 is 15.4 Å². The Labute approximate surface area is 149 Å². The molecule has 1 aromatic carbocycles. The number of rotatable bonds is 6. The van der Waals surface area contributed by atoms with Crippen molar-refractivity contribution in [3.63, 3.8) is 0 Å². The number of hydrogen-bond donors (Lipinski definition) is 2. The van der Waals surface area contributed by atoms with Crippen molar-refractivity contribution in [1.29, 1.82) is 0 Å². The summed E-state index contributed by atoms with van der Waals surface area (Å²) < 4.78 is 32.6. The highest BCUT2D eigenvalue weighted by atomic mass is 19.3. The second-order valence-corrected chi connectivity index (χ2v) is 5.66. The number of aromatic nitrogens is 2. The molecule has 0 aliphatic carbocycles. The summed E-state index contributed by atoms with van der Waals surface area (Å²) in [6.07, 6.45) is 0.305. The number of benzene rings is 1. The molecule has 136 valence electrons. The molecule has 0 unspecified atom stereocenters. The van der Waals surface area contributed by atoms with Crippen molar-refractivity contribution < 1.29 is 18.3 Å². The Morgan fingerprint density at radius 1 is 1.42 bits per heavy atom. The zero-order chi connectivity index (χ0) is 18.7. The number of carbonyl (C=O) groups is 1. The van der Waals surface area contributed by atoms with Crippen LogP contribution in [0.15, 0.2) is 48.8 Å². The van der Waals surface area contributed by atoms with E-state index in [1.165, 1.54) is 12.3 Å². The lowest BCUT2D eigenvalue weighted by Gasteiger charge is -2.19. The van der Waals surface area contributed by atoms with Crippen LogP contribution in [0.25, 0.3) is 5.70 Å². The minimum absolute atomic E-state index is 0.178. The number of fused-ring (bicyclic) bond motifs is 1. The normalized spacial score (nSPS) is 13.1. The van der Waals surface area contributed by atoms with Crippen molar-refractivity contribution in [3.05, 3.63) is 59.9 Å². The van der Waals surface area contributed by atoms with E-state index in [0.717, 1.165) is 16.0 Å². The van der Waals surface area contributed by atoms with Crippen LogP contribution < -0.4 is 15.4 Å². The van der Waals surface area contributed by atoms with Crippen LogP contribution >= 0.6 is 0 Å². The first-order valence-corrected chi connectivity index (χ1v) is 7.95. The van der Waals surface area contributed by atoms with Crippen LogP contribution in [0, 0.1) is 0 Å². The number of nitrogens with zero attached hydrogens (tertiary/aromatic N) is 2. The molecule has 1 aliphatic rings. The highest BCUT2D eigenvalue weighted by Gasteiger charge is 2.26. The summed E-state index contributed by atoms with van der Waals surface area (Å²) in [6.45, 7) is 4.00. The van der Waals surface area contributed by atoms with Gasteiger partial charge in [-0.2, -0.15) is 5.10 Å². The smallest absolute Gasteiger partial charge is 0.280 e. The number of nitrogens with one attached hydrogen (secondary N) is 2. The monoisotopic (exact) mass is 360 g/mol. The summed E-state index contributed by atoms with van der Waals surface area (Å²) in [6, 6.07) is 7.52. The number of alkyl halides is 2. The zero-order valence-electron chi connectivity index (χ0n) is 14.1. The quantitative estimate of drug-likeness (QED) is 0.831. The lowest BCUT2D eigenvalue weighted by atomic mass is 10.1. The van der Waals surface area contributed by atoms with E-state index >= 15 is 0 Å². The number of carbonyl (C=O) groups excluding carboxylic acids is 1. The molecule has 0 saturated heterocycles. The first-order valence-electron chi connectivity index (χ1n) is 7.95. The molecule has 0 radical (unpaired) electrons. The van der Waals surface area contributed by atoms with Crippen molar-refractivity contribution in [2.45, 2.75) is 12.8 Å². The number of amides is 1. The second kappa shape index (κ2) is 7.38. The Bertz CT molecular complexity index is 874. The van der Waals surface area contributed by atoms with Crippen LogP contribution in [0.5, 0.6) is 5.75 Å². The van der Waals surface area contributed by atoms with Gasteiger partial charge >= 0.3 is 0 Å². The third kappa shape index (κ3) is 3.44. The van der Waals surface area contributed by atoms with Gasteiger partial charge in [0.2, 0.25) is 0 Å². The first-order chi connectivity index (χ1) is 12.5. The van der Waals surface area contributed by atoms with Crippen molar-refractivity contribution in [2.24, 2.45) is 0 Å². The van der Waals surface area contributed by atoms with Crippen LogP contribution in [-0.4, -0.2) is 35.8 Å². The molecule has 3 rings (SSSR count). The number of anilines is 1. The van der Waals surface area contributed by atoms with Gasteiger partial charge in [0, 0.05) is 12.2 Å². The Morgan fingerprint density at radius 3 is 2.92 bits per heavy atom. The fourth-order valence-electron chi connectivity index (χ4n) is 2.73. The van der Waals surface area contributed by atoms with E-state index < -0.39 is 12.3 Å². The summed E-state index contributed by atoms with van der Waals surface area (Å²) >= 11 is 0. The fourth-order valence-corrected chi connectivity index (χ4v) is 2.73. The predicted octanol–water partition coefficient (Wildman–Crippen LogP) is 2.91. The Kier molecular flexibility index (Phi) is 5.01. The maximum absolute atomic E-state index is 13.1. The Morgan fingerprint density at radius 2 is 2.19 bits per heavy atom. The maximum atomic E-state index is 13.1. The van der Waals surface area contributed by atoms with Crippen molar-refractivity contribution in [1.82, 2.24) is 15.1 Å². The van der Waals surface area contributed by atoms with Crippen LogP contribution in [0.4, 0.5) is 14.6 Å². The average Bonchev–Trinajstić information content (AvgIpc) is 3.04. The lowest BCUT2D eigenvalue weighted by molar-refractivity contribution is 0.0954. The summed E-state index contributed by atoms with van der Waals surface area (Å²) in [5, 5.41) is 9.48. The minimum atomic E-state index is -2.73.